The number of halogens is 2. The van der Waals surface area contributed by atoms with Gasteiger partial charge in [-0.05, 0) is 12.1 Å². The van der Waals surface area contributed by atoms with Crippen LogP contribution in [0, 0.1) is 11.6 Å². The molecule has 0 fully saturated rings. The van der Waals surface area contributed by atoms with Crippen LogP contribution < -0.4 is 5.32 Å². The number of aromatic nitrogens is 2. The third-order valence-corrected chi connectivity index (χ3v) is 2.37. The topological polar surface area (TPSA) is 84.2 Å². The van der Waals surface area contributed by atoms with Crippen LogP contribution in [0.3, 0.4) is 0 Å². The molecule has 6 nitrogen and oxygen atoms in total. The largest absolute Gasteiger partial charge is 0.480 e. The van der Waals surface area contributed by atoms with E-state index in [9.17, 15) is 18.4 Å². The summed E-state index contributed by atoms with van der Waals surface area (Å²) in [5, 5.41) is 14.6. The Labute approximate surface area is 111 Å². The minimum Gasteiger partial charge on any atom is -0.480 e. The van der Waals surface area contributed by atoms with Crippen LogP contribution in [0.15, 0.2) is 30.6 Å². The van der Waals surface area contributed by atoms with Crippen LogP contribution in [0.4, 0.5) is 14.5 Å². The second kappa shape index (κ2) is 5.47. The summed E-state index contributed by atoms with van der Waals surface area (Å²) in [5.41, 5.74) is 0.191. The first kappa shape index (κ1) is 13.7. The smallest absolute Gasteiger partial charge is 0.325 e. The molecule has 0 spiro atoms. The minimum absolute atomic E-state index is 0.0832. The number of anilines is 1. The molecule has 104 valence electrons. The van der Waals surface area contributed by atoms with Gasteiger partial charge in [-0.3, -0.25) is 14.3 Å². The summed E-state index contributed by atoms with van der Waals surface area (Å²) in [5.74, 6) is -3.80. The highest BCUT2D eigenvalue weighted by Crippen LogP contribution is 2.14. The number of amides is 1. The van der Waals surface area contributed by atoms with Crippen LogP contribution in [-0.4, -0.2) is 26.8 Å². The summed E-state index contributed by atoms with van der Waals surface area (Å²) in [4.78, 5) is 22.3. The van der Waals surface area contributed by atoms with Gasteiger partial charge in [0.1, 0.15) is 6.54 Å². The van der Waals surface area contributed by atoms with Crippen molar-refractivity contribution < 1.29 is 23.5 Å². The van der Waals surface area contributed by atoms with E-state index in [1.807, 2.05) is 0 Å². The van der Waals surface area contributed by atoms with Crippen molar-refractivity contribution in [2.45, 2.75) is 6.54 Å². The molecule has 1 aromatic heterocycles. The van der Waals surface area contributed by atoms with Gasteiger partial charge in [-0.1, -0.05) is 0 Å². The molecule has 0 aliphatic rings. The van der Waals surface area contributed by atoms with E-state index in [1.165, 1.54) is 18.5 Å². The maximum Gasteiger partial charge on any atom is 0.325 e. The lowest BCUT2D eigenvalue weighted by Gasteiger charge is -2.03. The first-order valence-electron chi connectivity index (χ1n) is 5.46. The minimum atomic E-state index is -1.10. The van der Waals surface area contributed by atoms with Crippen LogP contribution in [0.25, 0.3) is 0 Å². The first-order chi connectivity index (χ1) is 9.45. The molecule has 0 bridgehead atoms. The number of benzene rings is 1. The van der Waals surface area contributed by atoms with E-state index in [0.29, 0.717) is 0 Å². The molecular formula is C12H9F2N3O3. The molecule has 20 heavy (non-hydrogen) atoms. The molecule has 0 aliphatic carbocycles. The van der Waals surface area contributed by atoms with Gasteiger partial charge < -0.3 is 10.4 Å². The number of hydrogen-bond acceptors (Lipinski definition) is 3. The average molecular weight is 281 g/mol. The van der Waals surface area contributed by atoms with Crippen LogP contribution >= 0.6 is 0 Å². The second-order valence-electron chi connectivity index (χ2n) is 3.90. The Morgan fingerprint density at radius 3 is 2.70 bits per heavy atom. The zero-order valence-corrected chi connectivity index (χ0v) is 10.0. The maximum atomic E-state index is 13.0. The summed E-state index contributed by atoms with van der Waals surface area (Å²) in [6, 6.07) is 2.94. The second-order valence-corrected chi connectivity index (χ2v) is 3.90. The lowest BCUT2D eigenvalue weighted by atomic mass is 10.2. The summed E-state index contributed by atoms with van der Waals surface area (Å²) >= 11 is 0. The third-order valence-electron chi connectivity index (χ3n) is 2.37. The molecular weight excluding hydrogens is 272 g/mol. The van der Waals surface area contributed by atoms with E-state index < -0.39 is 23.5 Å². The van der Waals surface area contributed by atoms with Crippen LogP contribution in [-0.2, 0) is 11.3 Å². The standard InChI is InChI=1S/C12H9F2N3O3/c13-9-2-1-8(3-10(9)14)16-12(20)7-4-15-17(5-7)6-11(18)19/h1-5H,6H2,(H,16,20)(H,18,19). The highest BCUT2D eigenvalue weighted by molar-refractivity contribution is 6.03. The van der Waals surface area contributed by atoms with Gasteiger partial charge in [-0.2, -0.15) is 5.10 Å². The molecule has 0 radical (unpaired) electrons. The van der Waals surface area contributed by atoms with Crippen molar-refractivity contribution in [2.75, 3.05) is 5.32 Å². The number of carbonyl (C=O) groups is 2. The van der Waals surface area contributed by atoms with E-state index in [2.05, 4.69) is 10.4 Å². The lowest BCUT2D eigenvalue weighted by Crippen LogP contribution is -2.12. The van der Waals surface area contributed by atoms with Crippen molar-refractivity contribution in [2.24, 2.45) is 0 Å². The third kappa shape index (κ3) is 3.16. The van der Waals surface area contributed by atoms with Crippen molar-refractivity contribution in [1.29, 1.82) is 0 Å². The highest BCUT2D eigenvalue weighted by Gasteiger charge is 2.11. The number of nitrogens with zero attached hydrogens (tertiary/aromatic N) is 2. The first-order valence-corrected chi connectivity index (χ1v) is 5.46. The molecule has 2 aromatic rings. The average Bonchev–Trinajstić information content (AvgIpc) is 2.81. The van der Waals surface area contributed by atoms with Crippen LogP contribution in [0.1, 0.15) is 10.4 Å². The fourth-order valence-electron chi connectivity index (χ4n) is 1.48. The molecule has 0 aliphatic heterocycles. The Morgan fingerprint density at radius 1 is 1.30 bits per heavy atom. The molecule has 0 atom stereocenters. The number of carboxylic acids is 1. The van der Waals surface area contributed by atoms with Gasteiger partial charge >= 0.3 is 5.97 Å². The molecule has 1 amide bonds. The molecule has 0 saturated carbocycles. The van der Waals surface area contributed by atoms with Crippen LogP contribution in [0.2, 0.25) is 0 Å². The van der Waals surface area contributed by atoms with Crippen molar-refractivity contribution in [3.8, 4) is 0 Å². The van der Waals surface area contributed by atoms with Gasteiger partial charge in [-0.25, -0.2) is 8.78 Å². The van der Waals surface area contributed by atoms with Crippen molar-refractivity contribution in [3.63, 3.8) is 0 Å². The van der Waals surface area contributed by atoms with E-state index >= 15 is 0 Å². The Kier molecular flexibility index (Phi) is 3.74. The quantitative estimate of drug-likeness (QED) is 0.889. The van der Waals surface area contributed by atoms with Gasteiger partial charge in [0.2, 0.25) is 0 Å². The number of aliphatic carboxylic acids is 1. The predicted molar refractivity (Wildman–Crippen MR) is 64.2 cm³/mol. The summed E-state index contributed by atoms with van der Waals surface area (Å²) in [6.07, 6.45) is 2.42. The Balaban J connectivity index is 2.09. The summed E-state index contributed by atoms with van der Waals surface area (Å²) in [6.45, 7) is -0.377. The van der Waals surface area contributed by atoms with E-state index in [0.717, 1.165) is 16.8 Å². The molecule has 2 rings (SSSR count). The van der Waals surface area contributed by atoms with Gasteiger partial charge in [0.25, 0.3) is 5.91 Å². The predicted octanol–water partition coefficient (Wildman–Crippen LogP) is 1.50. The number of carboxylic acid groups (broad SMARTS) is 1. The molecule has 0 unspecified atom stereocenters. The van der Waals surface area contributed by atoms with Gasteiger partial charge in [0, 0.05) is 18.0 Å². The summed E-state index contributed by atoms with van der Waals surface area (Å²) in [7, 11) is 0. The fourth-order valence-corrected chi connectivity index (χ4v) is 1.48. The molecule has 2 N–H and O–H groups in total. The molecule has 1 heterocycles. The van der Waals surface area contributed by atoms with E-state index in [4.69, 9.17) is 5.11 Å². The van der Waals surface area contributed by atoms with E-state index in [-0.39, 0.29) is 17.8 Å². The Hall–Kier alpha value is -2.77. The van der Waals surface area contributed by atoms with E-state index in [1.54, 1.807) is 0 Å². The Morgan fingerprint density at radius 2 is 2.05 bits per heavy atom. The molecule has 1 aromatic carbocycles. The number of nitrogens with one attached hydrogen (secondary N) is 1. The van der Waals surface area contributed by atoms with Gasteiger partial charge in [0.15, 0.2) is 11.6 Å². The van der Waals surface area contributed by atoms with Gasteiger partial charge in [-0.15, -0.1) is 0 Å². The normalized spacial score (nSPS) is 10.3. The van der Waals surface area contributed by atoms with Crippen molar-refractivity contribution in [3.05, 3.63) is 47.8 Å². The van der Waals surface area contributed by atoms with Crippen LogP contribution in [0.5, 0.6) is 0 Å². The zero-order chi connectivity index (χ0) is 14.7. The maximum absolute atomic E-state index is 13.0. The zero-order valence-electron chi connectivity index (χ0n) is 10.0. The van der Waals surface area contributed by atoms with Crippen molar-refractivity contribution >= 4 is 17.6 Å². The van der Waals surface area contributed by atoms with Gasteiger partial charge in [0.05, 0.1) is 11.8 Å². The number of hydrogen-bond donors (Lipinski definition) is 2. The monoisotopic (exact) mass is 281 g/mol. The number of carbonyl (C=O) groups excluding carboxylic acids is 1. The molecule has 0 saturated heterocycles. The molecule has 8 heteroatoms. The number of rotatable bonds is 4. The Bertz CT molecular complexity index is 670. The fraction of sp³-hybridized carbons (Fsp3) is 0.0833. The lowest BCUT2D eigenvalue weighted by molar-refractivity contribution is -0.137. The highest BCUT2D eigenvalue weighted by atomic mass is 19.2. The summed E-state index contributed by atoms with van der Waals surface area (Å²) < 4.78 is 26.8. The van der Waals surface area contributed by atoms with Crippen molar-refractivity contribution in [1.82, 2.24) is 9.78 Å². The SMILES string of the molecule is O=C(O)Cn1cc(C(=O)Nc2ccc(F)c(F)c2)cn1.